The van der Waals surface area contributed by atoms with Crippen LogP contribution in [0.1, 0.15) is 20.3 Å². The first-order valence-electron chi connectivity index (χ1n) is 7.45. The van der Waals surface area contributed by atoms with Gasteiger partial charge in [0.05, 0.1) is 6.61 Å². The summed E-state index contributed by atoms with van der Waals surface area (Å²) >= 11 is 0. The molecule has 19 heavy (non-hydrogen) atoms. The van der Waals surface area contributed by atoms with Crippen LogP contribution in [0.25, 0.3) is 0 Å². The molecule has 3 heterocycles. The number of piperidine rings is 2. The maximum absolute atomic E-state index is 5.53. The quantitative estimate of drug-likeness (QED) is 0.900. The SMILES string of the molecule is CCOc1ccc(N2C[C@@H]3CC4(C)C3NC[C@@H]24)cc1. The monoisotopic (exact) mass is 258 g/mol. The van der Waals surface area contributed by atoms with Gasteiger partial charge in [0.15, 0.2) is 0 Å². The molecule has 4 aliphatic rings. The topological polar surface area (TPSA) is 24.5 Å². The van der Waals surface area contributed by atoms with Crippen molar-refractivity contribution in [1.29, 1.82) is 0 Å². The molecule has 4 fully saturated rings. The van der Waals surface area contributed by atoms with Crippen LogP contribution in [-0.4, -0.2) is 31.8 Å². The Bertz CT molecular complexity index is 486. The number of hydrogen-bond acceptors (Lipinski definition) is 3. The number of nitrogens with zero attached hydrogens (tertiary/aromatic N) is 1. The first-order chi connectivity index (χ1) is 9.22. The van der Waals surface area contributed by atoms with Crippen LogP contribution in [0.2, 0.25) is 0 Å². The molecule has 1 aromatic carbocycles. The maximum Gasteiger partial charge on any atom is 0.119 e. The Morgan fingerprint density at radius 3 is 2.89 bits per heavy atom. The van der Waals surface area contributed by atoms with Gasteiger partial charge in [-0.3, -0.25) is 0 Å². The summed E-state index contributed by atoms with van der Waals surface area (Å²) in [6.07, 6.45) is 1.41. The van der Waals surface area contributed by atoms with Crippen molar-refractivity contribution < 1.29 is 4.74 Å². The first kappa shape index (κ1) is 11.6. The lowest BCUT2D eigenvalue weighted by Crippen LogP contribution is -2.67. The molecule has 2 unspecified atom stereocenters. The summed E-state index contributed by atoms with van der Waals surface area (Å²) in [5.74, 6) is 1.82. The lowest BCUT2D eigenvalue weighted by Gasteiger charge is -2.60. The largest absolute Gasteiger partial charge is 0.494 e. The van der Waals surface area contributed by atoms with E-state index in [2.05, 4.69) is 41.4 Å². The molecule has 3 nitrogen and oxygen atoms in total. The van der Waals surface area contributed by atoms with E-state index in [1.807, 2.05) is 6.92 Å². The summed E-state index contributed by atoms with van der Waals surface area (Å²) in [4.78, 5) is 2.61. The van der Waals surface area contributed by atoms with Crippen LogP contribution in [0.15, 0.2) is 24.3 Å². The Balaban J connectivity index is 1.60. The highest BCUT2D eigenvalue weighted by Crippen LogP contribution is 2.57. The Kier molecular flexibility index (Phi) is 2.37. The highest BCUT2D eigenvalue weighted by molar-refractivity contribution is 5.53. The number of anilines is 1. The summed E-state index contributed by atoms with van der Waals surface area (Å²) in [5, 5.41) is 3.72. The number of benzene rings is 1. The molecule has 1 aromatic rings. The van der Waals surface area contributed by atoms with E-state index >= 15 is 0 Å². The van der Waals surface area contributed by atoms with Gasteiger partial charge in [-0.1, -0.05) is 6.92 Å². The summed E-state index contributed by atoms with van der Waals surface area (Å²) in [6, 6.07) is 10.1. The van der Waals surface area contributed by atoms with E-state index in [1.54, 1.807) is 0 Å². The van der Waals surface area contributed by atoms with Crippen molar-refractivity contribution in [2.45, 2.75) is 32.4 Å². The van der Waals surface area contributed by atoms with Crippen LogP contribution in [-0.2, 0) is 0 Å². The first-order valence-corrected chi connectivity index (χ1v) is 7.45. The number of rotatable bonds is 3. The van der Waals surface area contributed by atoms with Gasteiger partial charge in [0, 0.05) is 36.3 Å². The fraction of sp³-hybridized carbons (Fsp3) is 0.625. The van der Waals surface area contributed by atoms with Gasteiger partial charge in [-0.2, -0.15) is 0 Å². The van der Waals surface area contributed by atoms with Crippen LogP contribution in [0.4, 0.5) is 5.69 Å². The molecule has 1 N–H and O–H groups in total. The number of fused-ring (bicyclic) bond motifs is 1. The highest BCUT2D eigenvalue weighted by atomic mass is 16.5. The zero-order valence-corrected chi connectivity index (χ0v) is 11.7. The standard InChI is InChI=1S/C16H22N2O/c1-3-19-13-6-4-12(5-7-13)18-10-11-8-16(2)14(18)9-17-15(11)16/h4-7,11,14-15,17H,3,8-10H2,1-2H3/t11-,14+,15?,16?/m0/s1. The minimum Gasteiger partial charge on any atom is -0.494 e. The molecule has 4 bridgehead atoms. The lowest BCUT2D eigenvalue weighted by atomic mass is 9.54. The number of hydrogen-bond donors (Lipinski definition) is 1. The second kappa shape index (κ2) is 3.89. The zero-order chi connectivity index (χ0) is 13.0. The molecule has 4 atom stereocenters. The Morgan fingerprint density at radius 2 is 2.16 bits per heavy atom. The molecule has 3 aliphatic heterocycles. The van der Waals surface area contributed by atoms with Crippen molar-refractivity contribution in [2.24, 2.45) is 11.3 Å². The molecule has 0 amide bonds. The van der Waals surface area contributed by atoms with E-state index < -0.39 is 0 Å². The van der Waals surface area contributed by atoms with Crippen LogP contribution in [0.3, 0.4) is 0 Å². The molecule has 3 heteroatoms. The molecule has 3 saturated heterocycles. The third-order valence-corrected chi connectivity index (χ3v) is 5.46. The minimum absolute atomic E-state index is 0.501. The third-order valence-electron chi connectivity index (χ3n) is 5.46. The molecule has 102 valence electrons. The fourth-order valence-electron chi connectivity index (χ4n) is 4.60. The normalized spacial score (nSPS) is 39.1. The number of ether oxygens (including phenoxy) is 1. The molecule has 5 rings (SSSR count). The van der Waals surface area contributed by atoms with Crippen molar-refractivity contribution in [3.05, 3.63) is 24.3 Å². The molecule has 0 radical (unpaired) electrons. The van der Waals surface area contributed by atoms with Gasteiger partial charge in [0.2, 0.25) is 0 Å². The van der Waals surface area contributed by atoms with Crippen LogP contribution in [0.5, 0.6) is 5.75 Å². The molecular formula is C16H22N2O. The molecule has 1 aliphatic carbocycles. The van der Waals surface area contributed by atoms with Crippen molar-refractivity contribution in [1.82, 2.24) is 5.32 Å². The second-order valence-electron chi connectivity index (χ2n) is 6.45. The van der Waals surface area contributed by atoms with Gasteiger partial charge < -0.3 is 15.0 Å². The minimum atomic E-state index is 0.501. The predicted molar refractivity (Wildman–Crippen MR) is 76.7 cm³/mol. The molecular weight excluding hydrogens is 236 g/mol. The summed E-state index contributed by atoms with van der Waals surface area (Å²) < 4.78 is 5.53. The average molecular weight is 258 g/mol. The van der Waals surface area contributed by atoms with E-state index in [-0.39, 0.29) is 0 Å². The molecule has 0 spiro atoms. The van der Waals surface area contributed by atoms with Gasteiger partial charge in [-0.25, -0.2) is 0 Å². The fourth-order valence-corrected chi connectivity index (χ4v) is 4.60. The predicted octanol–water partition coefficient (Wildman–Crippen LogP) is 2.27. The van der Waals surface area contributed by atoms with E-state index in [9.17, 15) is 0 Å². The molecule has 0 aromatic heterocycles. The van der Waals surface area contributed by atoms with Gasteiger partial charge in [0.1, 0.15) is 5.75 Å². The Morgan fingerprint density at radius 1 is 1.37 bits per heavy atom. The van der Waals surface area contributed by atoms with Gasteiger partial charge in [-0.15, -0.1) is 0 Å². The van der Waals surface area contributed by atoms with E-state index in [0.717, 1.165) is 30.9 Å². The van der Waals surface area contributed by atoms with Crippen molar-refractivity contribution >= 4 is 5.69 Å². The van der Waals surface area contributed by atoms with E-state index in [4.69, 9.17) is 4.74 Å². The van der Waals surface area contributed by atoms with Crippen LogP contribution < -0.4 is 15.0 Å². The van der Waals surface area contributed by atoms with Crippen molar-refractivity contribution in [2.75, 3.05) is 24.6 Å². The average Bonchev–Trinajstić information content (AvgIpc) is 2.57. The van der Waals surface area contributed by atoms with E-state index in [1.165, 1.54) is 18.7 Å². The Labute approximate surface area is 114 Å². The lowest BCUT2D eigenvalue weighted by molar-refractivity contribution is 0.00779. The summed E-state index contributed by atoms with van der Waals surface area (Å²) in [7, 11) is 0. The molecule has 1 saturated carbocycles. The van der Waals surface area contributed by atoms with Crippen molar-refractivity contribution in [3.8, 4) is 5.75 Å². The third kappa shape index (κ3) is 1.48. The smallest absolute Gasteiger partial charge is 0.119 e. The van der Waals surface area contributed by atoms with Crippen LogP contribution >= 0.6 is 0 Å². The van der Waals surface area contributed by atoms with Gasteiger partial charge >= 0.3 is 0 Å². The van der Waals surface area contributed by atoms with E-state index in [0.29, 0.717) is 11.5 Å². The highest BCUT2D eigenvalue weighted by Gasteiger charge is 2.64. The van der Waals surface area contributed by atoms with Gasteiger partial charge in [-0.05, 0) is 43.5 Å². The van der Waals surface area contributed by atoms with Crippen molar-refractivity contribution in [3.63, 3.8) is 0 Å². The zero-order valence-electron chi connectivity index (χ0n) is 11.7. The van der Waals surface area contributed by atoms with Crippen LogP contribution in [0, 0.1) is 11.3 Å². The summed E-state index contributed by atoms with van der Waals surface area (Å²) in [6.45, 7) is 7.57. The Hall–Kier alpha value is -1.22. The summed E-state index contributed by atoms with van der Waals surface area (Å²) in [5.41, 5.74) is 1.85. The second-order valence-corrected chi connectivity index (χ2v) is 6.45. The number of nitrogens with one attached hydrogen (secondary N) is 1. The maximum atomic E-state index is 5.53. The van der Waals surface area contributed by atoms with Gasteiger partial charge in [0.25, 0.3) is 0 Å².